The van der Waals surface area contributed by atoms with Gasteiger partial charge in [-0.15, -0.1) is 0 Å². The molecule has 5 nitrogen and oxygen atoms in total. The zero-order valence-electron chi connectivity index (χ0n) is 10.7. The highest BCUT2D eigenvalue weighted by atomic mass is 32.2. The number of amides is 2. The third kappa shape index (κ3) is 3.63. The Morgan fingerprint density at radius 2 is 2.10 bits per heavy atom. The Morgan fingerprint density at radius 3 is 2.75 bits per heavy atom. The van der Waals surface area contributed by atoms with Gasteiger partial charge in [-0.2, -0.15) is 11.8 Å². The van der Waals surface area contributed by atoms with Crippen LogP contribution >= 0.6 is 11.8 Å². The molecule has 1 fully saturated rings. The van der Waals surface area contributed by atoms with Crippen molar-refractivity contribution in [2.24, 2.45) is 0 Å². The standard InChI is InChI=1S/C13H15FN2O3S/c14-10-3-1-9(2-4-10)7-15-13(19)16-5-6-20-8-11(16)12(17)18/h1-4,11H,5-8H2,(H,15,19)(H,17,18). The molecule has 1 aliphatic heterocycles. The van der Waals surface area contributed by atoms with Crippen LogP contribution < -0.4 is 5.32 Å². The van der Waals surface area contributed by atoms with Crippen molar-refractivity contribution >= 4 is 23.8 Å². The van der Waals surface area contributed by atoms with Crippen molar-refractivity contribution in [3.63, 3.8) is 0 Å². The number of nitrogens with zero attached hydrogens (tertiary/aromatic N) is 1. The summed E-state index contributed by atoms with van der Waals surface area (Å²) in [7, 11) is 0. The highest BCUT2D eigenvalue weighted by Crippen LogP contribution is 2.16. The molecule has 0 saturated carbocycles. The second kappa shape index (κ2) is 6.60. The average molecular weight is 298 g/mol. The Labute approximate surface area is 120 Å². The van der Waals surface area contributed by atoms with E-state index in [1.165, 1.54) is 28.8 Å². The minimum Gasteiger partial charge on any atom is -0.480 e. The molecule has 1 aromatic rings. The van der Waals surface area contributed by atoms with Gasteiger partial charge in [-0.05, 0) is 17.7 Å². The lowest BCUT2D eigenvalue weighted by Gasteiger charge is -2.32. The van der Waals surface area contributed by atoms with E-state index in [9.17, 15) is 14.0 Å². The SMILES string of the molecule is O=C(O)C1CSCCN1C(=O)NCc1ccc(F)cc1. The third-order valence-electron chi connectivity index (χ3n) is 3.03. The largest absolute Gasteiger partial charge is 0.480 e. The van der Waals surface area contributed by atoms with Gasteiger partial charge in [-0.3, -0.25) is 0 Å². The first kappa shape index (κ1) is 14.6. The predicted molar refractivity (Wildman–Crippen MR) is 74.1 cm³/mol. The van der Waals surface area contributed by atoms with Gasteiger partial charge in [-0.25, -0.2) is 14.0 Å². The molecule has 0 spiro atoms. The maximum absolute atomic E-state index is 12.8. The van der Waals surface area contributed by atoms with Crippen LogP contribution in [0, 0.1) is 5.82 Å². The Bertz CT molecular complexity index is 495. The van der Waals surface area contributed by atoms with E-state index in [1.54, 1.807) is 12.1 Å². The number of carbonyl (C=O) groups excluding carboxylic acids is 1. The summed E-state index contributed by atoms with van der Waals surface area (Å²) in [4.78, 5) is 24.5. The molecule has 0 aromatic heterocycles. The summed E-state index contributed by atoms with van der Waals surface area (Å²) in [5.41, 5.74) is 0.762. The van der Waals surface area contributed by atoms with Crippen LogP contribution in [-0.2, 0) is 11.3 Å². The van der Waals surface area contributed by atoms with Gasteiger partial charge in [0, 0.05) is 24.6 Å². The number of carboxylic acid groups (broad SMARTS) is 1. The second-order valence-electron chi connectivity index (χ2n) is 4.41. The van der Waals surface area contributed by atoms with E-state index in [0.717, 1.165) is 11.3 Å². The molecule has 0 radical (unpaired) electrons. The van der Waals surface area contributed by atoms with Crippen molar-refractivity contribution in [1.82, 2.24) is 10.2 Å². The summed E-state index contributed by atoms with van der Waals surface area (Å²) in [5.74, 6) is -0.194. The third-order valence-corrected chi connectivity index (χ3v) is 4.05. The number of carbonyl (C=O) groups is 2. The summed E-state index contributed by atoms with van der Waals surface area (Å²) in [6, 6.07) is 4.61. The van der Waals surface area contributed by atoms with Gasteiger partial charge < -0.3 is 15.3 Å². The highest BCUT2D eigenvalue weighted by Gasteiger charge is 2.32. The molecule has 1 saturated heterocycles. The molecule has 2 amide bonds. The van der Waals surface area contributed by atoms with Crippen LogP contribution in [0.4, 0.5) is 9.18 Å². The summed E-state index contributed by atoms with van der Waals surface area (Å²) in [6.07, 6.45) is 0. The number of nitrogens with one attached hydrogen (secondary N) is 1. The van der Waals surface area contributed by atoms with Gasteiger partial charge in [0.2, 0.25) is 0 Å². The Hall–Kier alpha value is -1.76. The number of carboxylic acids is 1. The molecule has 108 valence electrons. The lowest BCUT2D eigenvalue weighted by molar-refractivity contribution is -0.141. The first-order valence-electron chi connectivity index (χ1n) is 6.17. The predicted octanol–water partition coefficient (Wildman–Crippen LogP) is 1.54. The topological polar surface area (TPSA) is 69.6 Å². The number of thioether (sulfide) groups is 1. The smallest absolute Gasteiger partial charge is 0.327 e. The Kier molecular flexibility index (Phi) is 4.84. The number of benzene rings is 1. The van der Waals surface area contributed by atoms with Crippen LogP contribution in [0.2, 0.25) is 0 Å². The number of rotatable bonds is 3. The molecule has 2 rings (SSSR count). The lowest BCUT2D eigenvalue weighted by Crippen LogP contribution is -2.53. The number of aliphatic carboxylic acids is 1. The van der Waals surface area contributed by atoms with Gasteiger partial charge in [0.05, 0.1) is 0 Å². The van der Waals surface area contributed by atoms with E-state index in [-0.39, 0.29) is 12.4 Å². The number of halogens is 1. The molecule has 0 bridgehead atoms. The molecule has 7 heteroatoms. The van der Waals surface area contributed by atoms with Crippen molar-refractivity contribution in [3.05, 3.63) is 35.6 Å². The van der Waals surface area contributed by atoms with Crippen LogP contribution in [0.15, 0.2) is 24.3 Å². The van der Waals surface area contributed by atoms with Gasteiger partial charge in [-0.1, -0.05) is 12.1 Å². The maximum atomic E-state index is 12.8. The normalized spacial score (nSPS) is 18.6. The second-order valence-corrected chi connectivity index (χ2v) is 5.56. The van der Waals surface area contributed by atoms with Crippen LogP contribution in [-0.4, -0.2) is 46.1 Å². The fourth-order valence-electron chi connectivity index (χ4n) is 1.93. The molecule has 20 heavy (non-hydrogen) atoms. The minimum atomic E-state index is -0.992. The van der Waals surface area contributed by atoms with Crippen molar-refractivity contribution < 1.29 is 19.1 Å². The summed E-state index contributed by atoms with van der Waals surface area (Å²) in [6.45, 7) is 0.659. The van der Waals surface area contributed by atoms with Crippen LogP contribution in [0.3, 0.4) is 0 Å². The number of hydrogen-bond acceptors (Lipinski definition) is 3. The molecule has 0 aliphatic carbocycles. The quantitative estimate of drug-likeness (QED) is 0.888. The van der Waals surface area contributed by atoms with Crippen LogP contribution in [0.5, 0.6) is 0 Å². The van der Waals surface area contributed by atoms with Gasteiger partial charge in [0.15, 0.2) is 0 Å². The van der Waals surface area contributed by atoms with E-state index in [1.807, 2.05) is 0 Å². The van der Waals surface area contributed by atoms with Crippen molar-refractivity contribution in [3.8, 4) is 0 Å². The average Bonchev–Trinajstić information content (AvgIpc) is 2.46. The minimum absolute atomic E-state index is 0.245. The van der Waals surface area contributed by atoms with Crippen LogP contribution in [0.1, 0.15) is 5.56 Å². The van der Waals surface area contributed by atoms with Crippen molar-refractivity contribution in [2.45, 2.75) is 12.6 Å². The first-order chi connectivity index (χ1) is 9.58. The Morgan fingerprint density at radius 1 is 1.40 bits per heavy atom. The van der Waals surface area contributed by atoms with E-state index in [0.29, 0.717) is 12.3 Å². The molecule has 1 aromatic carbocycles. The van der Waals surface area contributed by atoms with Gasteiger partial charge >= 0.3 is 12.0 Å². The van der Waals surface area contributed by atoms with Crippen molar-refractivity contribution in [2.75, 3.05) is 18.1 Å². The number of hydrogen-bond donors (Lipinski definition) is 2. The Balaban J connectivity index is 1.93. The molecular weight excluding hydrogens is 283 g/mol. The van der Waals surface area contributed by atoms with Crippen molar-refractivity contribution in [1.29, 1.82) is 0 Å². The highest BCUT2D eigenvalue weighted by molar-refractivity contribution is 7.99. The summed E-state index contributed by atoms with van der Waals surface area (Å²) >= 11 is 1.52. The fourth-order valence-corrected chi connectivity index (χ4v) is 2.97. The molecule has 1 aliphatic rings. The number of urea groups is 1. The van der Waals surface area contributed by atoms with E-state index < -0.39 is 18.0 Å². The molecular formula is C13H15FN2O3S. The molecule has 2 N–H and O–H groups in total. The van der Waals surface area contributed by atoms with Crippen LogP contribution in [0.25, 0.3) is 0 Å². The monoisotopic (exact) mass is 298 g/mol. The summed E-state index contributed by atoms with van der Waals surface area (Å²) < 4.78 is 12.8. The molecule has 1 unspecified atom stereocenters. The summed E-state index contributed by atoms with van der Waals surface area (Å²) in [5, 5.41) is 11.8. The zero-order chi connectivity index (χ0) is 14.5. The van der Waals surface area contributed by atoms with Gasteiger partial charge in [0.1, 0.15) is 11.9 Å². The molecule has 1 heterocycles. The first-order valence-corrected chi connectivity index (χ1v) is 7.33. The zero-order valence-corrected chi connectivity index (χ0v) is 11.5. The van der Waals surface area contributed by atoms with E-state index >= 15 is 0 Å². The lowest BCUT2D eigenvalue weighted by atomic mass is 10.2. The molecule has 1 atom stereocenters. The van der Waals surface area contributed by atoms with E-state index in [2.05, 4.69) is 5.32 Å². The fraction of sp³-hybridized carbons (Fsp3) is 0.385. The maximum Gasteiger partial charge on any atom is 0.327 e. The van der Waals surface area contributed by atoms with E-state index in [4.69, 9.17) is 5.11 Å². The van der Waals surface area contributed by atoms with Gasteiger partial charge in [0.25, 0.3) is 0 Å².